The molecule has 0 spiro atoms. The van der Waals surface area contributed by atoms with Crippen LogP contribution in [0.25, 0.3) is 0 Å². The lowest BCUT2D eigenvalue weighted by Gasteiger charge is -2.10. The minimum absolute atomic E-state index is 0.148. The average molecular weight is 289 g/mol. The van der Waals surface area contributed by atoms with Crippen LogP contribution in [0.15, 0.2) is 35.4 Å². The zero-order chi connectivity index (χ0) is 15.2. The first kappa shape index (κ1) is 14.6. The van der Waals surface area contributed by atoms with E-state index in [0.29, 0.717) is 18.0 Å². The number of H-pyrrole nitrogens is 1. The van der Waals surface area contributed by atoms with Gasteiger partial charge in [0.2, 0.25) is 0 Å². The third-order valence-electron chi connectivity index (χ3n) is 2.81. The maximum atomic E-state index is 11.9. The molecule has 0 saturated heterocycles. The van der Waals surface area contributed by atoms with E-state index >= 15 is 0 Å². The van der Waals surface area contributed by atoms with Crippen molar-refractivity contribution < 1.29 is 14.3 Å². The fourth-order valence-corrected chi connectivity index (χ4v) is 1.73. The number of carbonyl (C=O) groups excluding carboxylic acids is 1. The molecule has 0 aliphatic rings. The van der Waals surface area contributed by atoms with Gasteiger partial charge in [-0.05, 0) is 17.7 Å². The highest BCUT2D eigenvalue weighted by Gasteiger charge is 2.08. The highest BCUT2D eigenvalue weighted by molar-refractivity contribution is 5.91. The molecule has 0 fully saturated rings. The summed E-state index contributed by atoms with van der Waals surface area (Å²) in [5.74, 6) is 0.835. The molecule has 0 unspecified atom stereocenters. The first-order valence-electron chi connectivity index (χ1n) is 6.18. The highest BCUT2D eigenvalue weighted by atomic mass is 16.5. The second-order valence-corrected chi connectivity index (χ2v) is 4.17. The molecule has 21 heavy (non-hydrogen) atoms. The second-order valence-electron chi connectivity index (χ2n) is 4.17. The quantitative estimate of drug-likeness (QED) is 0.846. The largest absolute Gasteiger partial charge is 0.493 e. The third-order valence-corrected chi connectivity index (χ3v) is 2.81. The highest BCUT2D eigenvalue weighted by Crippen LogP contribution is 2.27. The average Bonchev–Trinajstić information content (AvgIpc) is 2.52. The van der Waals surface area contributed by atoms with Gasteiger partial charge in [-0.3, -0.25) is 9.59 Å². The van der Waals surface area contributed by atoms with E-state index in [9.17, 15) is 9.59 Å². The molecule has 1 amide bonds. The molecule has 2 aromatic rings. The molecule has 110 valence electrons. The van der Waals surface area contributed by atoms with Gasteiger partial charge in [0, 0.05) is 12.7 Å². The van der Waals surface area contributed by atoms with E-state index in [2.05, 4.69) is 15.3 Å². The Morgan fingerprint density at radius 3 is 2.67 bits per heavy atom. The second kappa shape index (κ2) is 6.56. The number of amides is 1. The van der Waals surface area contributed by atoms with Crippen LogP contribution in [0.3, 0.4) is 0 Å². The Hall–Kier alpha value is -2.83. The van der Waals surface area contributed by atoms with Crippen LogP contribution in [0, 0.1) is 0 Å². The molecule has 0 aliphatic carbocycles. The third kappa shape index (κ3) is 3.59. The summed E-state index contributed by atoms with van der Waals surface area (Å²) in [4.78, 5) is 28.9. The molecule has 0 saturated carbocycles. The summed E-state index contributed by atoms with van der Waals surface area (Å²) in [6, 6.07) is 5.36. The molecular weight excluding hydrogens is 274 g/mol. The number of ether oxygens (including phenoxy) is 2. The van der Waals surface area contributed by atoms with Crippen molar-refractivity contribution in [3.05, 3.63) is 52.2 Å². The van der Waals surface area contributed by atoms with Gasteiger partial charge in [-0.15, -0.1) is 0 Å². The number of carbonyl (C=O) groups is 1. The van der Waals surface area contributed by atoms with Crippen molar-refractivity contribution in [1.29, 1.82) is 0 Å². The number of rotatable bonds is 5. The van der Waals surface area contributed by atoms with Gasteiger partial charge in [0.15, 0.2) is 11.5 Å². The van der Waals surface area contributed by atoms with Crippen LogP contribution >= 0.6 is 0 Å². The van der Waals surface area contributed by atoms with Crippen molar-refractivity contribution in [3.8, 4) is 11.5 Å². The normalized spacial score (nSPS) is 10.0. The van der Waals surface area contributed by atoms with E-state index in [1.54, 1.807) is 26.4 Å². The van der Waals surface area contributed by atoms with E-state index in [1.165, 1.54) is 6.20 Å². The van der Waals surface area contributed by atoms with Crippen molar-refractivity contribution in [3.63, 3.8) is 0 Å². The maximum Gasteiger partial charge on any atom is 0.271 e. The zero-order valence-electron chi connectivity index (χ0n) is 11.7. The van der Waals surface area contributed by atoms with E-state index in [1.807, 2.05) is 6.07 Å². The van der Waals surface area contributed by atoms with Gasteiger partial charge in [-0.2, -0.15) is 0 Å². The predicted octanol–water partition coefficient (Wildman–Crippen LogP) is 0.717. The van der Waals surface area contributed by atoms with Crippen molar-refractivity contribution in [2.45, 2.75) is 6.54 Å². The number of hydrogen-bond acceptors (Lipinski definition) is 5. The molecule has 0 bridgehead atoms. The van der Waals surface area contributed by atoms with Crippen LogP contribution in [0.4, 0.5) is 0 Å². The lowest BCUT2D eigenvalue weighted by atomic mass is 10.2. The Bertz CT molecular complexity index is 676. The van der Waals surface area contributed by atoms with E-state index in [0.717, 1.165) is 11.8 Å². The zero-order valence-corrected chi connectivity index (χ0v) is 11.7. The van der Waals surface area contributed by atoms with Gasteiger partial charge in [-0.1, -0.05) is 6.07 Å². The molecule has 7 nitrogen and oxygen atoms in total. The number of hydrogen-bond donors (Lipinski definition) is 2. The fourth-order valence-electron chi connectivity index (χ4n) is 1.73. The topological polar surface area (TPSA) is 93.3 Å². The molecule has 1 aromatic carbocycles. The van der Waals surface area contributed by atoms with Gasteiger partial charge < -0.3 is 19.8 Å². The molecule has 2 N–H and O–H groups in total. The summed E-state index contributed by atoms with van der Waals surface area (Å²) in [6.07, 6.45) is 2.33. The first-order valence-corrected chi connectivity index (χ1v) is 6.18. The van der Waals surface area contributed by atoms with Crippen LogP contribution in [0.2, 0.25) is 0 Å². The van der Waals surface area contributed by atoms with Gasteiger partial charge in [0.25, 0.3) is 11.5 Å². The lowest BCUT2D eigenvalue weighted by molar-refractivity contribution is 0.0945. The summed E-state index contributed by atoms with van der Waals surface area (Å²) in [6.45, 7) is 0.306. The molecule has 1 aromatic heterocycles. The summed E-state index contributed by atoms with van der Waals surface area (Å²) >= 11 is 0. The van der Waals surface area contributed by atoms with Gasteiger partial charge >= 0.3 is 0 Å². The fraction of sp³-hybridized carbons (Fsp3) is 0.214. The van der Waals surface area contributed by atoms with E-state index < -0.39 is 0 Å². The smallest absolute Gasteiger partial charge is 0.271 e. The number of aromatic amines is 1. The summed E-state index contributed by atoms with van der Waals surface area (Å²) in [5.41, 5.74) is 0.645. The standard InChI is InChI=1S/C14H15N3O4/c1-20-11-4-3-9(5-12(11)21-2)6-17-14(19)10-7-16-13(18)8-15-10/h3-5,7-8H,6H2,1-2H3,(H,16,18)(H,17,19). The lowest BCUT2D eigenvalue weighted by Crippen LogP contribution is -2.25. The molecule has 1 heterocycles. The SMILES string of the molecule is COc1ccc(CNC(=O)c2c[nH]c(=O)cn2)cc1OC. The monoisotopic (exact) mass is 289 g/mol. The summed E-state index contributed by atoms with van der Waals surface area (Å²) in [7, 11) is 3.10. The van der Waals surface area contributed by atoms with Crippen LogP contribution < -0.4 is 20.3 Å². The molecule has 2 rings (SSSR count). The Labute approximate surface area is 120 Å². The predicted molar refractivity (Wildman–Crippen MR) is 75.6 cm³/mol. The Morgan fingerprint density at radius 2 is 2.05 bits per heavy atom. The first-order chi connectivity index (χ1) is 10.1. The maximum absolute atomic E-state index is 11.9. The van der Waals surface area contributed by atoms with Crippen LogP contribution in [-0.2, 0) is 6.54 Å². The van der Waals surface area contributed by atoms with Crippen LogP contribution in [0.1, 0.15) is 16.1 Å². The van der Waals surface area contributed by atoms with Gasteiger partial charge in [0.05, 0.1) is 20.4 Å². The Morgan fingerprint density at radius 1 is 1.29 bits per heavy atom. The number of aromatic nitrogens is 2. The van der Waals surface area contributed by atoms with Crippen molar-refractivity contribution in [2.24, 2.45) is 0 Å². The number of benzene rings is 1. The number of methoxy groups -OCH3 is 2. The Balaban J connectivity index is 2.04. The van der Waals surface area contributed by atoms with Gasteiger partial charge in [0.1, 0.15) is 5.69 Å². The van der Waals surface area contributed by atoms with Crippen LogP contribution in [-0.4, -0.2) is 30.1 Å². The molecule has 7 heteroatoms. The van der Waals surface area contributed by atoms with E-state index in [4.69, 9.17) is 9.47 Å². The summed E-state index contributed by atoms with van der Waals surface area (Å²) in [5, 5.41) is 2.70. The van der Waals surface area contributed by atoms with Crippen molar-refractivity contribution in [1.82, 2.24) is 15.3 Å². The molecule has 0 atom stereocenters. The minimum atomic E-state index is -0.374. The summed E-state index contributed by atoms with van der Waals surface area (Å²) < 4.78 is 10.3. The molecular formula is C14H15N3O4. The Kier molecular flexibility index (Phi) is 4.55. The number of nitrogens with zero attached hydrogens (tertiary/aromatic N) is 1. The van der Waals surface area contributed by atoms with Crippen LogP contribution in [0.5, 0.6) is 11.5 Å². The van der Waals surface area contributed by atoms with Crippen molar-refractivity contribution >= 4 is 5.91 Å². The van der Waals surface area contributed by atoms with Gasteiger partial charge in [-0.25, -0.2) is 4.98 Å². The van der Waals surface area contributed by atoms with Crippen molar-refractivity contribution in [2.75, 3.05) is 14.2 Å². The number of nitrogens with one attached hydrogen (secondary N) is 2. The molecule has 0 aliphatic heterocycles. The minimum Gasteiger partial charge on any atom is -0.493 e. The van der Waals surface area contributed by atoms with E-state index in [-0.39, 0.29) is 17.2 Å². The molecule has 0 radical (unpaired) electrons.